The van der Waals surface area contributed by atoms with Gasteiger partial charge in [-0.3, -0.25) is 4.79 Å². The number of aliphatic imine (C=N–C) groups is 2. The summed E-state index contributed by atoms with van der Waals surface area (Å²) in [5.41, 5.74) is 3.48. The van der Waals surface area contributed by atoms with Crippen molar-refractivity contribution in [2.24, 2.45) is 15.9 Å². The lowest BCUT2D eigenvalue weighted by Gasteiger charge is -2.19. The Balaban J connectivity index is 1.97. The van der Waals surface area contributed by atoms with Crippen LogP contribution in [0.2, 0.25) is 0 Å². The summed E-state index contributed by atoms with van der Waals surface area (Å²) in [6, 6.07) is 8.24. The summed E-state index contributed by atoms with van der Waals surface area (Å²) >= 11 is 0. The number of allylic oxidation sites excluding steroid dienone is 1. The number of aryl methyl sites for hydroxylation is 1. The zero-order valence-electron chi connectivity index (χ0n) is 14.6. The van der Waals surface area contributed by atoms with Crippen LogP contribution in [0.15, 0.2) is 40.3 Å². The van der Waals surface area contributed by atoms with Crippen molar-refractivity contribution in [2.75, 3.05) is 20.1 Å². The van der Waals surface area contributed by atoms with Gasteiger partial charge in [-0.25, -0.2) is 9.98 Å². The van der Waals surface area contributed by atoms with Crippen LogP contribution < -0.4 is 0 Å². The lowest BCUT2D eigenvalue weighted by Crippen LogP contribution is -2.28. The molecule has 0 aliphatic carbocycles. The van der Waals surface area contributed by atoms with Crippen molar-refractivity contribution in [1.29, 1.82) is 0 Å². The minimum Gasteiger partial charge on any atom is -0.481 e. The van der Waals surface area contributed by atoms with Crippen molar-refractivity contribution in [2.45, 2.75) is 26.7 Å². The third kappa shape index (κ3) is 5.05. The first-order chi connectivity index (χ1) is 11.5. The van der Waals surface area contributed by atoms with Gasteiger partial charge in [0.25, 0.3) is 0 Å². The Morgan fingerprint density at radius 2 is 2.12 bits per heavy atom. The fourth-order valence-corrected chi connectivity index (χ4v) is 2.66. The molecule has 1 heterocycles. The van der Waals surface area contributed by atoms with E-state index >= 15 is 0 Å². The van der Waals surface area contributed by atoms with E-state index in [0.717, 1.165) is 18.5 Å². The summed E-state index contributed by atoms with van der Waals surface area (Å²) < 4.78 is 0. The number of hydrogen-bond donors (Lipinski definition) is 1. The number of benzene rings is 1. The van der Waals surface area contributed by atoms with Gasteiger partial charge >= 0.3 is 5.97 Å². The summed E-state index contributed by atoms with van der Waals surface area (Å²) in [5.74, 6) is 0.0837. The Morgan fingerprint density at radius 1 is 1.38 bits per heavy atom. The fraction of sp³-hybridized carbons (Fsp3) is 0.421. The molecule has 0 radical (unpaired) electrons. The van der Waals surface area contributed by atoms with Crippen molar-refractivity contribution in [1.82, 2.24) is 4.90 Å². The predicted octanol–water partition coefficient (Wildman–Crippen LogP) is 3.25. The third-order valence-electron chi connectivity index (χ3n) is 4.14. The number of aliphatic carboxylic acids is 1. The third-order valence-corrected chi connectivity index (χ3v) is 4.14. The molecule has 0 aromatic heterocycles. The van der Waals surface area contributed by atoms with Crippen molar-refractivity contribution >= 4 is 23.7 Å². The molecule has 128 valence electrons. The Labute approximate surface area is 143 Å². The second kappa shape index (κ2) is 8.43. The average molecular weight is 327 g/mol. The average Bonchev–Trinajstić information content (AvgIpc) is 2.78. The zero-order valence-corrected chi connectivity index (χ0v) is 14.6. The maximum absolute atomic E-state index is 10.7. The van der Waals surface area contributed by atoms with E-state index in [1.807, 2.05) is 37.2 Å². The number of carboxylic acids is 1. The van der Waals surface area contributed by atoms with Crippen LogP contribution in [0.4, 0.5) is 0 Å². The van der Waals surface area contributed by atoms with Crippen LogP contribution in [0.25, 0.3) is 5.57 Å². The number of guanidine groups is 1. The van der Waals surface area contributed by atoms with Crippen molar-refractivity contribution in [3.05, 3.63) is 41.5 Å². The first-order valence-corrected chi connectivity index (χ1v) is 8.25. The number of carboxylic acid groups (broad SMARTS) is 1. The lowest BCUT2D eigenvalue weighted by atomic mass is 10.0. The summed E-state index contributed by atoms with van der Waals surface area (Å²) in [5, 5.41) is 8.83. The fourth-order valence-electron chi connectivity index (χ4n) is 2.66. The van der Waals surface area contributed by atoms with Gasteiger partial charge < -0.3 is 10.0 Å². The topological polar surface area (TPSA) is 65.3 Å². The second-order valence-corrected chi connectivity index (χ2v) is 6.29. The smallest absolute Gasteiger partial charge is 0.303 e. The van der Waals surface area contributed by atoms with E-state index in [4.69, 9.17) is 5.11 Å². The standard InChI is InChI=1S/C19H25N3O2/c1-14(12-18(23)24)9-11-22(3)19-20-10-8-16(13-21-19)17-7-5-4-6-15(17)2/h4-8,13-14H,9-12H2,1-3H3,(H,23,24). The molecule has 5 heteroatoms. The van der Waals surface area contributed by atoms with Crippen LogP contribution in [0.3, 0.4) is 0 Å². The van der Waals surface area contributed by atoms with Gasteiger partial charge in [0.15, 0.2) is 0 Å². The Kier molecular flexibility index (Phi) is 6.29. The maximum Gasteiger partial charge on any atom is 0.303 e. The summed E-state index contributed by atoms with van der Waals surface area (Å²) in [6.45, 7) is 5.38. The molecule has 5 nitrogen and oxygen atoms in total. The molecule has 0 amide bonds. The highest BCUT2D eigenvalue weighted by Crippen LogP contribution is 2.18. The van der Waals surface area contributed by atoms with Crippen LogP contribution in [0.1, 0.15) is 30.9 Å². The minimum atomic E-state index is -0.748. The summed E-state index contributed by atoms with van der Waals surface area (Å²) in [7, 11) is 1.95. The Bertz CT molecular complexity index is 677. The summed E-state index contributed by atoms with van der Waals surface area (Å²) in [4.78, 5) is 21.8. The molecule has 1 aliphatic heterocycles. The van der Waals surface area contributed by atoms with E-state index < -0.39 is 5.97 Å². The predicted molar refractivity (Wildman–Crippen MR) is 98.6 cm³/mol. The molecule has 24 heavy (non-hydrogen) atoms. The molecule has 0 saturated heterocycles. The Hall–Kier alpha value is -2.43. The molecule has 0 fully saturated rings. The van der Waals surface area contributed by atoms with Crippen molar-refractivity contribution < 1.29 is 9.90 Å². The van der Waals surface area contributed by atoms with Crippen molar-refractivity contribution in [3.63, 3.8) is 0 Å². The molecular formula is C19H25N3O2. The van der Waals surface area contributed by atoms with Crippen LogP contribution in [0.5, 0.6) is 0 Å². The van der Waals surface area contributed by atoms with Gasteiger partial charge in [-0.1, -0.05) is 37.3 Å². The van der Waals surface area contributed by atoms with Crippen LogP contribution >= 0.6 is 0 Å². The first-order valence-electron chi connectivity index (χ1n) is 8.25. The number of nitrogens with zero attached hydrogens (tertiary/aromatic N) is 3. The first kappa shape index (κ1) is 17.9. The highest BCUT2D eigenvalue weighted by Gasteiger charge is 2.12. The zero-order chi connectivity index (χ0) is 17.5. The quantitative estimate of drug-likeness (QED) is 0.872. The molecule has 0 spiro atoms. The molecule has 1 aliphatic rings. The van der Waals surface area contributed by atoms with Gasteiger partial charge in [-0.05, 0) is 36.0 Å². The van der Waals surface area contributed by atoms with Crippen LogP contribution in [0, 0.1) is 12.8 Å². The molecule has 1 unspecified atom stereocenters. The number of carbonyl (C=O) groups is 1. The molecule has 1 N–H and O–H groups in total. The van der Waals surface area contributed by atoms with Gasteiger partial charge in [0.2, 0.25) is 5.96 Å². The number of rotatable bonds is 6. The molecular weight excluding hydrogens is 302 g/mol. The van der Waals surface area contributed by atoms with Crippen LogP contribution in [-0.2, 0) is 4.79 Å². The maximum atomic E-state index is 10.7. The van der Waals surface area contributed by atoms with E-state index in [1.54, 1.807) is 0 Å². The monoisotopic (exact) mass is 327 g/mol. The molecule has 2 rings (SSSR count). The Morgan fingerprint density at radius 3 is 2.83 bits per heavy atom. The van der Waals surface area contributed by atoms with E-state index in [9.17, 15) is 4.79 Å². The molecule has 1 aromatic carbocycles. The normalized spacial score (nSPS) is 15.3. The lowest BCUT2D eigenvalue weighted by molar-refractivity contribution is -0.138. The second-order valence-electron chi connectivity index (χ2n) is 6.29. The summed E-state index contributed by atoms with van der Waals surface area (Å²) in [6.07, 6.45) is 4.95. The van der Waals surface area contributed by atoms with Gasteiger partial charge in [-0.15, -0.1) is 0 Å². The van der Waals surface area contributed by atoms with Gasteiger partial charge in [0.1, 0.15) is 0 Å². The van der Waals surface area contributed by atoms with E-state index in [-0.39, 0.29) is 12.3 Å². The molecule has 1 atom stereocenters. The molecule has 1 aromatic rings. The highest BCUT2D eigenvalue weighted by molar-refractivity contribution is 6.14. The minimum absolute atomic E-state index is 0.140. The van der Waals surface area contributed by atoms with Gasteiger partial charge in [-0.2, -0.15) is 0 Å². The van der Waals surface area contributed by atoms with Gasteiger partial charge in [0.05, 0.1) is 6.54 Å². The van der Waals surface area contributed by atoms with E-state index in [2.05, 4.69) is 35.1 Å². The van der Waals surface area contributed by atoms with E-state index in [0.29, 0.717) is 12.5 Å². The molecule has 0 saturated carbocycles. The van der Waals surface area contributed by atoms with E-state index in [1.165, 1.54) is 11.1 Å². The largest absolute Gasteiger partial charge is 0.481 e. The molecule has 0 bridgehead atoms. The van der Waals surface area contributed by atoms with Crippen molar-refractivity contribution in [3.8, 4) is 0 Å². The highest BCUT2D eigenvalue weighted by atomic mass is 16.4. The number of hydrogen-bond acceptors (Lipinski definition) is 4. The SMILES string of the molecule is Cc1ccccc1C1=CCN=C(N(C)CCC(C)CC(=O)O)N=C1. The van der Waals surface area contributed by atoms with Crippen LogP contribution in [-0.4, -0.2) is 48.3 Å². The van der Waals surface area contributed by atoms with Gasteiger partial charge in [0, 0.05) is 26.2 Å².